The van der Waals surface area contributed by atoms with Crippen molar-refractivity contribution in [2.75, 3.05) is 7.11 Å². The molecule has 1 rings (SSSR count). The summed E-state index contributed by atoms with van der Waals surface area (Å²) in [6.07, 6.45) is 0. The van der Waals surface area contributed by atoms with Crippen molar-refractivity contribution in [3.8, 4) is 0 Å². The van der Waals surface area contributed by atoms with Crippen LogP contribution in [0.25, 0.3) is 0 Å². The van der Waals surface area contributed by atoms with Crippen LogP contribution in [0.5, 0.6) is 0 Å². The number of carbonyl (C=O) groups is 1. The molecule has 0 spiro atoms. The van der Waals surface area contributed by atoms with E-state index in [1.54, 1.807) is 0 Å². The monoisotopic (exact) mass is 280 g/mol. The number of hydrogen-bond acceptors (Lipinski definition) is 2. The van der Waals surface area contributed by atoms with E-state index in [1.165, 1.54) is 25.3 Å². The lowest BCUT2D eigenvalue weighted by Gasteiger charge is -2.08. The van der Waals surface area contributed by atoms with Crippen molar-refractivity contribution in [2.24, 2.45) is 0 Å². The van der Waals surface area contributed by atoms with Crippen LogP contribution in [0, 0.1) is 5.82 Å². The average Bonchev–Trinajstić information content (AvgIpc) is 2.19. The Morgan fingerprint density at radius 1 is 1.64 bits per heavy atom. The normalized spacial score (nSPS) is 12.3. The molecule has 0 bridgehead atoms. The van der Waals surface area contributed by atoms with Gasteiger partial charge in [0.2, 0.25) is 0 Å². The minimum Gasteiger partial charge on any atom is -0.468 e. The van der Waals surface area contributed by atoms with Crippen LogP contribution in [0.1, 0.15) is 10.4 Å². The van der Waals surface area contributed by atoms with Gasteiger partial charge in [-0.25, -0.2) is 4.39 Å². The van der Waals surface area contributed by atoms with Crippen molar-refractivity contribution in [3.05, 3.63) is 34.6 Å². The molecule has 76 valence electrons. The van der Waals surface area contributed by atoms with Crippen molar-refractivity contribution < 1.29 is 13.9 Å². The number of methoxy groups -OCH3 is 1. The first-order valence-electron chi connectivity index (χ1n) is 3.73. The molecule has 0 radical (unpaired) electrons. The number of halogens is 3. The standard InChI is InChI=1S/C9H7BrClFO2/c1-14-9(13)8(10)6-4-5(11)2-3-7(6)12/h2-4,8H,1H3. The van der Waals surface area contributed by atoms with Crippen LogP contribution in [-0.2, 0) is 9.53 Å². The quantitative estimate of drug-likeness (QED) is 0.615. The number of esters is 1. The second kappa shape index (κ2) is 4.75. The van der Waals surface area contributed by atoms with Gasteiger partial charge in [-0.2, -0.15) is 0 Å². The maximum atomic E-state index is 13.2. The molecule has 0 fully saturated rings. The highest BCUT2D eigenvalue weighted by Gasteiger charge is 2.21. The highest BCUT2D eigenvalue weighted by atomic mass is 79.9. The van der Waals surface area contributed by atoms with Gasteiger partial charge in [0.15, 0.2) is 0 Å². The number of rotatable bonds is 2. The molecule has 0 aliphatic heterocycles. The molecule has 1 aromatic rings. The minimum atomic E-state index is -0.828. The van der Waals surface area contributed by atoms with Crippen LogP contribution in [0.3, 0.4) is 0 Å². The van der Waals surface area contributed by atoms with Crippen LogP contribution in [0.15, 0.2) is 18.2 Å². The maximum Gasteiger partial charge on any atom is 0.324 e. The van der Waals surface area contributed by atoms with Gasteiger partial charge >= 0.3 is 5.97 Å². The van der Waals surface area contributed by atoms with Crippen LogP contribution in [-0.4, -0.2) is 13.1 Å². The molecule has 0 N–H and O–H groups in total. The summed E-state index contributed by atoms with van der Waals surface area (Å²) in [5.74, 6) is -1.06. The Hall–Kier alpha value is -0.610. The fourth-order valence-corrected chi connectivity index (χ4v) is 1.66. The summed E-state index contributed by atoms with van der Waals surface area (Å²) in [7, 11) is 1.24. The largest absolute Gasteiger partial charge is 0.468 e. The summed E-state index contributed by atoms with van der Waals surface area (Å²) in [5, 5.41) is 0.370. The predicted octanol–water partition coefficient (Wildman–Crippen LogP) is 3.09. The Labute approximate surface area is 94.1 Å². The van der Waals surface area contributed by atoms with Gasteiger partial charge in [-0.1, -0.05) is 27.5 Å². The molecular weight excluding hydrogens is 274 g/mol. The van der Waals surface area contributed by atoms with E-state index < -0.39 is 16.6 Å². The summed E-state index contributed by atoms with van der Waals surface area (Å²) < 4.78 is 17.7. The van der Waals surface area contributed by atoms with Crippen LogP contribution >= 0.6 is 27.5 Å². The highest BCUT2D eigenvalue weighted by Crippen LogP contribution is 2.28. The third-order valence-corrected chi connectivity index (χ3v) is 2.74. The number of alkyl halides is 1. The molecule has 0 aliphatic rings. The van der Waals surface area contributed by atoms with E-state index in [9.17, 15) is 9.18 Å². The van der Waals surface area contributed by atoms with E-state index in [2.05, 4.69) is 20.7 Å². The maximum absolute atomic E-state index is 13.2. The second-order valence-corrected chi connectivity index (χ2v) is 3.90. The van der Waals surface area contributed by atoms with E-state index >= 15 is 0 Å². The molecule has 2 nitrogen and oxygen atoms in total. The molecule has 0 heterocycles. The zero-order valence-corrected chi connectivity index (χ0v) is 9.60. The lowest BCUT2D eigenvalue weighted by Crippen LogP contribution is -2.09. The summed E-state index contributed by atoms with van der Waals surface area (Å²) in [6, 6.07) is 4.00. The molecule has 0 saturated heterocycles. The Kier molecular flexibility index (Phi) is 3.89. The van der Waals surface area contributed by atoms with Gasteiger partial charge in [0.05, 0.1) is 7.11 Å². The molecule has 5 heteroatoms. The Bertz CT molecular complexity index is 357. The Balaban J connectivity index is 3.05. The van der Waals surface area contributed by atoms with E-state index in [-0.39, 0.29) is 5.56 Å². The first-order valence-corrected chi connectivity index (χ1v) is 5.02. The number of carbonyl (C=O) groups excluding carboxylic acids is 1. The van der Waals surface area contributed by atoms with E-state index in [1.807, 2.05) is 0 Å². The van der Waals surface area contributed by atoms with Crippen LogP contribution < -0.4 is 0 Å². The van der Waals surface area contributed by atoms with Crippen molar-refractivity contribution >= 4 is 33.5 Å². The SMILES string of the molecule is COC(=O)C(Br)c1cc(Cl)ccc1F. The molecule has 1 unspecified atom stereocenters. The van der Waals surface area contributed by atoms with E-state index in [0.29, 0.717) is 5.02 Å². The average molecular weight is 282 g/mol. The second-order valence-electron chi connectivity index (χ2n) is 2.55. The molecule has 0 amide bonds. The first-order chi connectivity index (χ1) is 6.56. The predicted molar refractivity (Wildman–Crippen MR) is 55.1 cm³/mol. The van der Waals surface area contributed by atoms with Gasteiger partial charge in [0.1, 0.15) is 10.6 Å². The van der Waals surface area contributed by atoms with Crippen molar-refractivity contribution in [3.63, 3.8) is 0 Å². The molecule has 14 heavy (non-hydrogen) atoms. The van der Waals surface area contributed by atoms with Gasteiger partial charge in [0.25, 0.3) is 0 Å². The first kappa shape index (κ1) is 11.5. The lowest BCUT2D eigenvalue weighted by atomic mass is 10.1. The Morgan fingerprint density at radius 2 is 2.29 bits per heavy atom. The topological polar surface area (TPSA) is 26.3 Å². The molecule has 1 aromatic carbocycles. The third kappa shape index (κ3) is 2.45. The smallest absolute Gasteiger partial charge is 0.324 e. The summed E-state index contributed by atoms with van der Waals surface area (Å²) in [4.78, 5) is 10.3. The molecule has 0 aliphatic carbocycles. The van der Waals surface area contributed by atoms with Gasteiger partial charge in [0, 0.05) is 10.6 Å². The van der Waals surface area contributed by atoms with Crippen LogP contribution in [0.4, 0.5) is 4.39 Å². The number of benzene rings is 1. The van der Waals surface area contributed by atoms with Crippen molar-refractivity contribution in [1.29, 1.82) is 0 Å². The molecule has 1 atom stereocenters. The minimum absolute atomic E-state index is 0.171. The summed E-state index contributed by atoms with van der Waals surface area (Å²) in [6.45, 7) is 0. The number of hydrogen-bond donors (Lipinski definition) is 0. The third-order valence-electron chi connectivity index (χ3n) is 1.64. The van der Waals surface area contributed by atoms with E-state index in [4.69, 9.17) is 11.6 Å². The Morgan fingerprint density at radius 3 is 2.86 bits per heavy atom. The summed E-state index contributed by atoms with van der Waals surface area (Å²) >= 11 is 8.69. The highest BCUT2D eigenvalue weighted by molar-refractivity contribution is 9.09. The van der Waals surface area contributed by atoms with Gasteiger partial charge < -0.3 is 4.74 Å². The van der Waals surface area contributed by atoms with Crippen LogP contribution in [0.2, 0.25) is 5.02 Å². The molecule has 0 saturated carbocycles. The van der Waals surface area contributed by atoms with Gasteiger partial charge in [-0.05, 0) is 18.2 Å². The summed E-state index contributed by atoms with van der Waals surface area (Å²) in [5.41, 5.74) is 0.171. The number of ether oxygens (including phenoxy) is 1. The van der Waals surface area contributed by atoms with E-state index in [0.717, 1.165) is 0 Å². The zero-order chi connectivity index (χ0) is 10.7. The fraction of sp³-hybridized carbons (Fsp3) is 0.222. The van der Waals surface area contributed by atoms with Crippen molar-refractivity contribution in [2.45, 2.75) is 4.83 Å². The fourth-order valence-electron chi connectivity index (χ4n) is 0.939. The molecular formula is C9H7BrClFO2. The molecule has 0 aromatic heterocycles. The van der Waals surface area contributed by atoms with Gasteiger partial charge in [-0.3, -0.25) is 4.79 Å². The lowest BCUT2D eigenvalue weighted by molar-refractivity contribution is -0.139. The van der Waals surface area contributed by atoms with Crippen molar-refractivity contribution in [1.82, 2.24) is 0 Å². The van der Waals surface area contributed by atoms with Gasteiger partial charge in [-0.15, -0.1) is 0 Å². The zero-order valence-electron chi connectivity index (χ0n) is 7.26.